The summed E-state index contributed by atoms with van der Waals surface area (Å²) < 4.78 is 35.9. The molecule has 0 aliphatic rings. The van der Waals surface area contributed by atoms with Crippen LogP contribution in [0.4, 0.5) is 11.5 Å². The normalized spacial score (nSPS) is 12.0. The molecule has 0 amide bonds. The maximum Gasteiger partial charge on any atom is 0.327 e. The third-order valence-electron chi connectivity index (χ3n) is 5.55. The second-order valence-electron chi connectivity index (χ2n) is 9.61. The highest BCUT2D eigenvalue weighted by Gasteiger charge is 2.30. The Morgan fingerprint density at radius 3 is 2.32 bits per heavy atom. The highest BCUT2D eigenvalue weighted by atomic mass is 35.5. The maximum absolute atomic E-state index is 13.8. The fourth-order valence-electron chi connectivity index (χ4n) is 3.93. The molecule has 0 spiro atoms. The monoisotopic (exact) mass is 575 g/mol. The minimum Gasteiger partial charge on any atom is -0.459 e. The quantitative estimate of drug-likeness (QED) is 0.285. The van der Waals surface area contributed by atoms with Crippen molar-refractivity contribution >= 4 is 61.6 Å². The van der Waals surface area contributed by atoms with Crippen molar-refractivity contribution in [2.24, 2.45) is 0 Å². The van der Waals surface area contributed by atoms with E-state index >= 15 is 0 Å². The number of aromatic nitrogens is 3. The number of hydrogen-bond acceptors (Lipinski definition) is 7. The Balaban J connectivity index is 1.83. The summed E-state index contributed by atoms with van der Waals surface area (Å²) >= 11 is 12.2. The Kier molecular flexibility index (Phi) is 7.60. The predicted molar refractivity (Wildman–Crippen MR) is 150 cm³/mol. The molecule has 38 heavy (non-hydrogen) atoms. The third kappa shape index (κ3) is 5.87. The molecule has 0 aliphatic carbocycles. The summed E-state index contributed by atoms with van der Waals surface area (Å²) in [5.41, 5.74) is 1.14. The fraction of sp³-hybridized carbons (Fsp3) is 0.269. The van der Waals surface area contributed by atoms with Gasteiger partial charge in [0, 0.05) is 28.7 Å². The number of esters is 1. The van der Waals surface area contributed by atoms with Gasteiger partial charge in [-0.3, -0.25) is 13.7 Å². The summed E-state index contributed by atoms with van der Waals surface area (Å²) in [4.78, 5) is 12.7. The number of carbonyl (C=O) groups excluding carboxylic acids is 1. The van der Waals surface area contributed by atoms with Gasteiger partial charge in [0.15, 0.2) is 5.82 Å². The lowest BCUT2D eigenvalue weighted by Crippen LogP contribution is -2.39. The smallest absolute Gasteiger partial charge is 0.327 e. The molecule has 0 aliphatic heterocycles. The maximum atomic E-state index is 13.8. The number of fused-ring (bicyclic) bond motifs is 1. The SMILES string of the molecule is CNc1ccc(-n2cc(C)c3cc(N(CC(=O)OC(C)(C)C)S(=O)(=O)c4cc(Cl)cc(Cl)c4)ccc32)nn1. The van der Waals surface area contributed by atoms with E-state index in [1.807, 2.05) is 29.8 Å². The average molecular weight is 577 g/mol. The van der Waals surface area contributed by atoms with Gasteiger partial charge < -0.3 is 10.1 Å². The summed E-state index contributed by atoms with van der Waals surface area (Å²) in [6.07, 6.45) is 1.89. The van der Waals surface area contributed by atoms with Gasteiger partial charge in [-0.2, -0.15) is 0 Å². The summed E-state index contributed by atoms with van der Waals surface area (Å²) in [7, 11) is -2.50. The topological polar surface area (TPSA) is 106 Å². The first kappa shape index (κ1) is 27.7. The molecular weight excluding hydrogens is 549 g/mol. The van der Waals surface area contributed by atoms with Gasteiger partial charge in [-0.05, 0) is 81.8 Å². The van der Waals surface area contributed by atoms with Gasteiger partial charge in [-0.1, -0.05) is 23.2 Å². The van der Waals surface area contributed by atoms with Gasteiger partial charge in [-0.15, -0.1) is 10.2 Å². The Hall–Kier alpha value is -3.34. The van der Waals surface area contributed by atoms with Crippen molar-refractivity contribution in [3.05, 3.63) is 70.3 Å². The minimum absolute atomic E-state index is 0.146. The molecule has 2 heterocycles. The molecule has 200 valence electrons. The zero-order valence-electron chi connectivity index (χ0n) is 21.5. The Bertz CT molecular complexity index is 1590. The largest absolute Gasteiger partial charge is 0.459 e. The number of halogens is 2. The molecule has 0 saturated heterocycles. The van der Waals surface area contributed by atoms with E-state index in [-0.39, 0.29) is 20.6 Å². The van der Waals surface area contributed by atoms with Gasteiger partial charge in [0.1, 0.15) is 18.0 Å². The van der Waals surface area contributed by atoms with Crippen LogP contribution in [0.5, 0.6) is 0 Å². The zero-order valence-corrected chi connectivity index (χ0v) is 23.8. The first-order chi connectivity index (χ1) is 17.8. The molecule has 0 unspecified atom stereocenters. The van der Waals surface area contributed by atoms with Crippen LogP contribution in [0.2, 0.25) is 10.0 Å². The lowest BCUT2D eigenvalue weighted by molar-refractivity contribution is -0.152. The van der Waals surface area contributed by atoms with Crippen LogP contribution in [-0.2, 0) is 19.6 Å². The van der Waals surface area contributed by atoms with Crippen molar-refractivity contribution in [1.82, 2.24) is 14.8 Å². The van der Waals surface area contributed by atoms with Crippen LogP contribution in [0.15, 0.2) is 59.6 Å². The Morgan fingerprint density at radius 1 is 1.05 bits per heavy atom. The third-order valence-corrected chi connectivity index (χ3v) is 7.73. The van der Waals surface area contributed by atoms with E-state index in [1.54, 1.807) is 46.0 Å². The number of carbonyl (C=O) groups is 1. The first-order valence-electron chi connectivity index (χ1n) is 11.6. The van der Waals surface area contributed by atoms with Crippen LogP contribution in [0.3, 0.4) is 0 Å². The van der Waals surface area contributed by atoms with Crippen molar-refractivity contribution in [2.45, 2.75) is 38.2 Å². The predicted octanol–water partition coefficient (Wildman–Crippen LogP) is 5.61. The first-order valence-corrected chi connectivity index (χ1v) is 13.8. The van der Waals surface area contributed by atoms with Crippen molar-refractivity contribution < 1.29 is 17.9 Å². The molecule has 12 heteroatoms. The number of anilines is 2. The van der Waals surface area contributed by atoms with Crippen molar-refractivity contribution in [3.63, 3.8) is 0 Å². The second-order valence-corrected chi connectivity index (χ2v) is 12.3. The van der Waals surface area contributed by atoms with Gasteiger partial charge >= 0.3 is 5.97 Å². The second kappa shape index (κ2) is 10.4. The molecule has 0 fully saturated rings. The average Bonchev–Trinajstić information content (AvgIpc) is 3.16. The van der Waals surface area contributed by atoms with Crippen LogP contribution in [-0.4, -0.2) is 48.3 Å². The highest BCUT2D eigenvalue weighted by Crippen LogP contribution is 2.32. The molecule has 2 aromatic heterocycles. The number of nitrogens with one attached hydrogen (secondary N) is 1. The highest BCUT2D eigenvalue weighted by molar-refractivity contribution is 7.92. The van der Waals surface area contributed by atoms with Crippen LogP contribution in [0.1, 0.15) is 26.3 Å². The van der Waals surface area contributed by atoms with Crippen LogP contribution in [0, 0.1) is 6.92 Å². The van der Waals surface area contributed by atoms with Crippen molar-refractivity contribution in [3.8, 4) is 5.82 Å². The van der Waals surface area contributed by atoms with Gasteiger partial charge in [0.2, 0.25) is 0 Å². The standard InChI is InChI=1S/C26H27Cl2N5O4S/c1-16-14-32(24-9-8-23(29-5)30-31-24)22-7-6-19(13-21(16)22)33(15-25(34)37-26(2,3)4)38(35,36)20-11-17(27)10-18(28)12-20/h6-14H,15H2,1-5H3,(H,29,30). The Morgan fingerprint density at radius 2 is 1.74 bits per heavy atom. The van der Waals surface area contributed by atoms with E-state index in [1.165, 1.54) is 18.2 Å². The summed E-state index contributed by atoms with van der Waals surface area (Å²) in [5, 5.41) is 12.4. The molecule has 0 bridgehead atoms. The summed E-state index contributed by atoms with van der Waals surface area (Å²) in [5.74, 6) is 0.526. The molecule has 4 aromatic rings. The van der Waals surface area contributed by atoms with E-state index < -0.39 is 28.1 Å². The van der Waals surface area contributed by atoms with Crippen molar-refractivity contribution in [1.29, 1.82) is 0 Å². The van der Waals surface area contributed by atoms with E-state index in [9.17, 15) is 13.2 Å². The van der Waals surface area contributed by atoms with Crippen LogP contribution >= 0.6 is 23.2 Å². The lowest BCUT2D eigenvalue weighted by atomic mass is 10.1. The summed E-state index contributed by atoms with van der Waals surface area (Å²) in [6.45, 7) is 6.49. The minimum atomic E-state index is -4.26. The summed E-state index contributed by atoms with van der Waals surface area (Å²) in [6, 6.07) is 12.8. The van der Waals surface area contributed by atoms with Crippen molar-refractivity contribution in [2.75, 3.05) is 23.2 Å². The number of sulfonamides is 1. The number of benzene rings is 2. The van der Waals surface area contributed by atoms with E-state index in [4.69, 9.17) is 27.9 Å². The molecule has 0 atom stereocenters. The number of rotatable bonds is 7. The molecule has 9 nitrogen and oxygen atoms in total. The van der Waals surface area contributed by atoms with Crippen LogP contribution in [0.25, 0.3) is 16.7 Å². The van der Waals surface area contributed by atoms with E-state index in [2.05, 4.69) is 15.5 Å². The number of ether oxygens (including phenoxy) is 1. The zero-order chi connectivity index (χ0) is 27.8. The molecule has 1 N–H and O–H groups in total. The molecule has 4 rings (SSSR count). The van der Waals surface area contributed by atoms with E-state index in [0.717, 1.165) is 20.8 Å². The molecule has 0 radical (unpaired) electrons. The molecule has 0 saturated carbocycles. The van der Waals surface area contributed by atoms with Gasteiger partial charge in [-0.25, -0.2) is 8.42 Å². The molecule has 2 aromatic carbocycles. The van der Waals surface area contributed by atoms with Crippen LogP contribution < -0.4 is 9.62 Å². The van der Waals surface area contributed by atoms with Gasteiger partial charge in [0.05, 0.1) is 16.1 Å². The molecular formula is C26H27Cl2N5O4S. The van der Waals surface area contributed by atoms with Gasteiger partial charge in [0.25, 0.3) is 10.0 Å². The number of aryl methyl sites for hydroxylation is 1. The number of hydrogen-bond donors (Lipinski definition) is 1. The van der Waals surface area contributed by atoms with E-state index in [0.29, 0.717) is 11.6 Å². The number of nitrogens with zero attached hydrogens (tertiary/aromatic N) is 4. The Labute approximate surface area is 231 Å². The lowest BCUT2D eigenvalue weighted by Gasteiger charge is -2.26. The fourth-order valence-corrected chi connectivity index (χ4v) is 6.05.